The summed E-state index contributed by atoms with van der Waals surface area (Å²) in [6.45, 7) is 0. The van der Waals surface area contributed by atoms with Gasteiger partial charge in [-0.25, -0.2) is 8.42 Å². The first-order valence-electron chi connectivity index (χ1n) is 5.73. The summed E-state index contributed by atoms with van der Waals surface area (Å²) >= 11 is 1.50. The van der Waals surface area contributed by atoms with Crippen LogP contribution in [0.25, 0.3) is 0 Å². The van der Waals surface area contributed by atoms with Gasteiger partial charge in [0, 0.05) is 9.79 Å². The van der Waals surface area contributed by atoms with E-state index in [0.29, 0.717) is 0 Å². The van der Waals surface area contributed by atoms with Crippen molar-refractivity contribution in [3.05, 3.63) is 54.6 Å². The van der Waals surface area contributed by atoms with Crippen LogP contribution < -0.4 is 5.11 Å². The third-order valence-corrected chi connectivity index (χ3v) is 5.09. The second-order valence-electron chi connectivity index (χ2n) is 4.02. The Morgan fingerprint density at radius 3 is 2.05 bits per heavy atom. The molecular formula is C14H11O4S2-. The van der Waals surface area contributed by atoms with E-state index in [1.54, 1.807) is 12.1 Å². The maximum atomic E-state index is 11.7. The predicted molar refractivity (Wildman–Crippen MR) is 74.1 cm³/mol. The summed E-state index contributed by atoms with van der Waals surface area (Å²) < 4.78 is 23.4. The maximum Gasteiger partial charge on any atom is 0.183 e. The largest absolute Gasteiger partial charge is 0.549 e. The molecule has 104 valence electrons. The lowest BCUT2D eigenvalue weighted by molar-refractivity contribution is -0.301. The van der Waals surface area contributed by atoms with Gasteiger partial charge < -0.3 is 9.90 Å². The van der Waals surface area contributed by atoms with Crippen molar-refractivity contribution < 1.29 is 18.3 Å². The Labute approximate surface area is 121 Å². The van der Waals surface area contributed by atoms with Gasteiger partial charge in [0.25, 0.3) is 0 Å². The molecule has 2 rings (SSSR count). The van der Waals surface area contributed by atoms with E-state index in [1.165, 1.54) is 23.9 Å². The lowest BCUT2D eigenvalue weighted by Crippen LogP contribution is -2.30. The molecule has 0 spiro atoms. The lowest BCUT2D eigenvalue weighted by atomic mass is 10.4. The Bertz CT molecular complexity index is 692. The average Bonchev–Trinajstić information content (AvgIpc) is 2.39. The molecule has 0 aromatic heterocycles. The molecule has 0 saturated heterocycles. The van der Waals surface area contributed by atoms with E-state index in [2.05, 4.69) is 0 Å². The Kier molecular flexibility index (Phi) is 4.46. The minimum atomic E-state index is -3.82. The number of hydrogen-bond donors (Lipinski definition) is 0. The topological polar surface area (TPSA) is 74.3 Å². The molecule has 0 unspecified atom stereocenters. The Morgan fingerprint density at radius 1 is 0.950 bits per heavy atom. The van der Waals surface area contributed by atoms with E-state index < -0.39 is 21.6 Å². The molecule has 0 saturated carbocycles. The average molecular weight is 307 g/mol. The number of carbonyl (C=O) groups is 1. The fraction of sp³-hybridized carbons (Fsp3) is 0.0714. The van der Waals surface area contributed by atoms with Crippen LogP contribution in [0, 0.1) is 0 Å². The Balaban J connectivity index is 2.16. The van der Waals surface area contributed by atoms with Crippen LogP contribution >= 0.6 is 11.8 Å². The van der Waals surface area contributed by atoms with Crippen LogP contribution in [-0.4, -0.2) is 20.1 Å². The zero-order valence-corrected chi connectivity index (χ0v) is 12.0. The summed E-state index contributed by atoms with van der Waals surface area (Å²) in [7, 11) is -3.82. The molecule has 2 aromatic rings. The van der Waals surface area contributed by atoms with Gasteiger partial charge in [0.2, 0.25) is 0 Å². The highest BCUT2D eigenvalue weighted by molar-refractivity contribution is 7.99. The molecule has 0 heterocycles. The minimum absolute atomic E-state index is 0.0147. The van der Waals surface area contributed by atoms with Gasteiger partial charge in [-0.2, -0.15) is 0 Å². The minimum Gasteiger partial charge on any atom is -0.549 e. The van der Waals surface area contributed by atoms with E-state index in [4.69, 9.17) is 0 Å². The van der Waals surface area contributed by atoms with Crippen LogP contribution in [0.2, 0.25) is 0 Å². The maximum absolute atomic E-state index is 11.7. The number of rotatable bonds is 5. The molecule has 0 aliphatic heterocycles. The van der Waals surface area contributed by atoms with Gasteiger partial charge in [-0.15, -0.1) is 0 Å². The number of carbonyl (C=O) groups excluding carboxylic acids is 1. The molecule has 20 heavy (non-hydrogen) atoms. The molecule has 0 N–H and O–H groups in total. The molecule has 0 aliphatic carbocycles. The molecule has 0 radical (unpaired) electrons. The van der Waals surface area contributed by atoms with Gasteiger partial charge in [-0.1, -0.05) is 30.0 Å². The summed E-state index contributed by atoms with van der Waals surface area (Å²) in [5, 5.41) is 10.4. The lowest BCUT2D eigenvalue weighted by Gasteiger charge is -2.06. The Hall–Kier alpha value is -1.79. The van der Waals surface area contributed by atoms with Crippen molar-refractivity contribution in [1.82, 2.24) is 0 Å². The molecule has 2 aromatic carbocycles. The van der Waals surface area contributed by atoms with Gasteiger partial charge in [-0.05, 0) is 36.4 Å². The van der Waals surface area contributed by atoms with Crippen LogP contribution in [-0.2, 0) is 14.6 Å². The zero-order valence-electron chi connectivity index (χ0n) is 10.4. The molecule has 0 atom stereocenters. The summed E-state index contributed by atoms with van der Waals surface area (Å²) in [6.07, 6.45) is 0. The highest BCUT2D eigenvalue weighted by atomic mass is 32.2. The van der Waals surface area contributed by atoms with Gasteiger partial charge >= 0.3 is 0 Å². The van der Waals surface area contributed by atoms with Gasteiger partial charge in [-0.3, -0.25) is 0 Å². The van der Waals surface area contributed by atoms with Crippen molar-refractivity contribution in [2.45, 2.75) is 14.7 Å². The van der Waals surface area contributed by atoms with Crippen molar-refractivity contribution in [3.8, 4) is 0 Å². The van der Waals surface area contributed by atoms with Crippen molar-refractivity contribution in [2.75, 3.05) is 5.75 Å². The van der Waals surface area contributed by atoms with Gasteiger partial charge in [0.05, 0.1) is 16.6 Å². The number of carboxylic acid groups (broad SMARTS) is 1. The van der Waals surface area contributed by atoms with Crippen molar-refractivity contribution in [3.63, 3.8) is 0 Å². The molecule has 0 bridgehead atoms. The van der Waals surface area contributed by atoms with Crippen molar-refractivity contribution in [1.29, 1.82) is 0 Å². The fourth-order valence-electron chi connectivity index (χ4n) is 1.58. The smallest absolute Gasteiger partial charge is 0.183 e. The molecular weight excluding hydrogens is 296 g/mol. The van der Waals surface area contributed by atoms with Gasteiger partial charge in [0.1, 0.15) is 0 Å². The second-order valence-corrected chi connectivity index (χ2v) is 7.15. The molecule has 0 aliphatic rings. The molecule has 0 fully saturated rings. The standard InChI is InChI=1S/C14H12O4S2/c15-14(16)10-20(17,18)13-8-6-12(7-9-13)19-11-4-2-1-3-5-11/h1-9H,10H2,(H,15,16)/p-1. The molecule has 4 nitrogen and oxygen atoms in total. The fourth-order valence-corrected chi connectivity index (χ4v) is 3.44. The highest BCUT2D eigenvalue weighted by Gasteiger charge is 2.14. The van der Waals surface area contributed by atoms with Crippen LogP contribution in [0.1, 0.15) is 0 Å². The van der Waals surface area contributed by atoms with Crippen LogP contribution in [0.3, 0.4) is 0 Å². The SMILES string of the molecule is O=C([O-])CS(=O)(=O)c1ccc(Sc2ccccc2)cc1. The summed E-state index contributed by atoms with van der Waals surface area (Å²) in [5.41, 5.74) is 0. The van der Waals surface area contributed by atoms with E-state index in [1.807, 2.05) is 30.3 Å². The van der Waals surface area contributed by atoms with E-state index >= 15 is 0 Å². The third kappa shape index (κ3) is 3.85. The monoisotopic (exact) mass is 307 g/mol. The number of benzene rings is 2. The number of sulfone groups is 1. The van der Waals surface area contributed by atoms with Crippen LogP contribution in [0.5, 0.6) is 0 Å². The predicted octanol–water partition coefficient (Wildman–Crippen LogP) is 1.36. The summed E-state index contributed by atoms with van der Waals surface area (Å²) in [5.74, 6) is -2.61. The van der Waals surface area contributed by atoms with Crippen molar-refractivity contribution in [2.24, 2.45) is 0 Å². The number of hydrogen-bond acceptors (Lipinski definition) is 5. The van der Waals surface area contributed by atoms with Crippen LogP contribution in [0.4, 0.5) is 0 Å². The second kappa shape index (κ2) is 6.11. The molecule has 0 amide bonds. The first kappa shape index (κ1) is 14.6. The third-order valence-electron chi connectivity index (χ3n) is 2.47. The highest BCUT2D eigenvalue weighted by Crippen LogP contribution is 2.28. The first-order chi connectivity index (χ1) is 9.47. The molecule has 6 heteroatoms. The number of carboxylic acids is 1. The number of aliphatic carboxylic acids is 1. The van der Waals surface area contributed by atoms with Gasteiger partial charge in [0.15, 0.2) is 9.84 Å². The summed E-state index contributed by atoms with van der Waals surface area (Å²) in [6, 6.07) is 15.8. The van der Waals surface area contributed by atoms with E-state index in [9.17, 15) is 18.3 Å². The normalized spacial score (nSPS) is 11.2. The first-order valence-corrected chi connectivity index (χ1v) is 8.20. The van der Waals surface area contributed by atoms with Crippen molar-refractivity contribution >= 4 is 27.6 Å². The zero-order chi connectivity index (χ0) is 14.6. The van der Waals surface area contributed by atoms with E-state index in [0.717, 1.165) is 9.79 Å². The van der Waals surface area contributed by atoms with E-state index in [-0.39, 0.29) is 4.90 Å². The quantitative estimate of drug-likeness (QED) is 0.834. The summed E-state index contributed by atoms with van der Waals surface area (Å²) in [4.78, 5) is 12.3. The van der Waals surface area contributed by atoms with Crippen LogP contribution in [0.15, 0.2) is 69.3 Å². The Morgan fingerprint density at radius 2 is 1.50 bits per heavy atom.